The molecule has 8 nitrogen and oxygen atoms in total. The van der Waals surface area contributed by atoms with Crippen LogP contribution < -0.4 is 5.73 Å². The van der Waals surface area contributed by atoms with Crippen LogP contribution in [0.3, 0.4) is 0 Å². The molecule has 182 valence electrons. The summed E-state index contributed by atoms with van der Waals surface area (Å²) in [6, 6.07) is 7.85. The van der Waals surface area contributed by atoms with Gasteiger partial charge in [-0.05, 0) is 31.0 Å². The highest BCUT2D eigenvalue weighted by Crippen LogP contribution is 2.59. The molecule has 0 radical (unpaired) electrons. The lowest BCUT2D eigenvalue weighted by Crippen LogP contribution is -2.53. The number of nitrogens with zero attached hydrogens (tertiary/aromatic N) is 3. The first-order valence-corrected chi connectivity index (χ1v) is 12.4. The Kier molecular flexibility index (Phi) is 7.38. The molecule has 1 aromatic carbocycles. The lowest BCUT2D eigenvalue weighted by molar-refractivity contribution is -0.142. The second-order valence-electron chi connectivity index (χ2n) is 8.41. The third-order valence-electron chi connectivity index (χ3n) is 6.17. The van der Waals surface area contributed by atoms with Crippen molar-refractivity contribution < 1.29 is 32.5 Å². The van der Waals surface area contributed by atoms with Gasteiger partial charge >= 0.3 is 12.1 Å². The molecule has 0 aliphatic carbocycles. The number of aryl methyl sites for hydroxylation is 1. The summed E-state index contributed by atoms with van der Waals surface area (Å²) in [5.74, 6) is -1.32. The summed E-state index contributed by atoms with van der Waals surface area (Å²) in [5, 5.41) is 11.7. The molecule has 2 aromatic rings. The highest BCUT2D eigenvalue weighted by Gasteiger charge is 2.56. The van der Waals surface area contributed by atoms with Crippen molar-refractivity contribution in [2.24, 2.45) is 12.8 Å². The minimum absolute atomic E-state index is 0.0299. The summed E-state index contributed by atoms with van der Waals surface area (Å²) in [6.45, 7) is 0.642. The second-order valence-corrected chi connectivity index (χ2v) is 11.1. The van der Waals surface area contributed by atoms with E-state index < -0.39 is 30.4 Å². The van der Waals surface area contributed by atoms with Crippen molar-refractivity contribution in [2.75, 3.05) is 25.8 Å². The van der Waals surface area contributed by atoms with Crippen molar-refractivity contribution in [1.82, 2.24) is 14.7 Å². The van der Waals surface area contributed by atoms with Gasteiger partial charge in [-0.25, -0.2) is 0 Å². The predicted octanol–water partition coefficient (Wildman–Crippen LogP) is 3.14. The Labute approximate surface area is 189 Å². The van der Waals surface area contributed by atoms with Crippen molar-refractivity contribution in [3.8, 4) is 11.3 Å². The van der Waals surface area contributed by atoms with Crippen LogP contribution in [0.2, 0.25) is 0 Å². The lowest BCUT2D eigenvalue weighted by atomic mass is 9.98. The van der Waals surface area contributed by atoms with Crippen LogP contribution in [0, 0.1) is 0 Å². The van der Waals surface area contributed by atoms with Crippen LogP contribution in [0.1, 0.15) is 30.5 Å². The van der Waals surface area contributed by atoms with Gasteiger partial charge < -0.3 is 15.7 Å². The molecule has 1 aromatic heterocycles. The van der Waals surface area contributed by atoms with Crippen LogP contribution >= 0.6 is 7.37 Å². The molecule has 0 spiro atoms. The molecule has 12 heteroatoms. The van der Waals surface area contributed by atoms with Gasteiger partial charge in [0.2, 0.25) is 7.37 Å². The Hall–Kier alpha value is -2.20. The summed E-state index contributed by atoms with van der Waals surface area (Å²) in [6.07, 6.45) is -3.77. The van der Waals surface area contributed by atoms with Crippen LogP contribution in [0.25, 0.3) is 11.3 Å². The fourth-order valence-electron chi connectivity index (χ4n) is 4.33. The number of aliphatic carboxylic acids is 1. The van der Waals surface area contributed by atoms with E-state index in [-0.39, 0.29) is 37.9 Å². The molecule has 1 saturated heterocycles. The first kappa shape index (κ1) is 25.4. The largest absolute Gasteiger partial charge is 0.480 e. The Bertz CT molecular complexity index is 1060. The monoisotopic (exact) mass is 488 g/mol. The van der Waals surface area contributed by atoms with Gasteiger partial charge in [-0.3, -0.25) is 18.9 Å². The number of unbranched alkanes of at least 4 members (excludes halogenated alkanes) is 1. The normalized spacial score (nSPS) is 24.2. The van der Waals surface area contributed by atoms with E-state index in [1.165, 1.54) is 7.05 Å². The van der Waals surface area contributed by atoms with Gasteiger partial charge in [-0.15, -0.1) is 0 Å². The van der Waals surface area contributed by atoms with Gasteiger partial charge in [0.1, 0.15) is 0 Å². The molecule has 2 atom stereocenters. The molecule has 4 N–H and O–H groups in total. The van der Waals surface area contributed by atoms with Gasteiger partial charge in [-0.2, -0.15) is 18.3 Å². The summed E-state index contributed by atoms with van der Waals surface area (Å²) in [7, 11) is -2.55. The third-order valence-corrected chi connectivity index (χ3v) is 8.87. The molecule has 3 rings (SSSR count). The summed E-state index contributed by atoms with van der Waals surface area (Å²) < 4.78 is 53.5. The number of hydrogen-bond acceptors (Lipinski definition) is 5. The van der Waals surface area contributed by atoms with Crippen molar-refractivity contribution in [3.63, 3.8) is 0 Å². The predicted molar refractivity (Wildman–Crippen MR) is 117 cm³/mol. The van der Waals surface area contributed by atoms with Crippen LogP contribution in [-0.2, 0) is 29.1 Å². The first-order chi connectivity index (χ1) is 15.4. The van der Waals surface area contributed by atoms with E-state index in [9.17, 15) is 32.5 Å². The van der Waals surface area contributed by atoms with E-state index in [1.54, 1.807) is 29.2 Å². The molecular weight excluding hydrogens is 460 g/mol. The first-order valence-electron chi connectivity index (χ1n) is 10.6. The minimum atomic E-state index is -4.58. The van der Waals surface area contributed by atoms with Gasteiger partial charge in [0, 0.05) is 38.4 Å². The summed E-state index contributed by atoms with van der Waals surface area (Å²) in [4.78, 5) is 24.6. The molecular formula is C21H28F3N4O4P. The van der Waals surface area contributed by atoms with Crippen molar-refractivity contribution >= 4 is 13.3 Å². The van der Waals surface area contributed by atoms with Gasteiger partial charge in [0.25, 0.3) is 0 Å². The number of carboxylic acids is 1. The molecule has 0 saturated carbocycles. The summed E-state index contributed by atoms with van der Waals surface area (Å²) in [5.41, 5.74) is 5.98. The van der Waals surface area contributed by atoms with E-state index in [1.807, 2.05) is 0 Å². The molecule has 1 unspecified atom stereocenters. The molecule has 1 aliphatic heterocycles. The molecule has 2 heterocycles. The van der Waals surface area contributed by atoms with E-state index >= 15 is 0 Å². The van der Waals surface area contributed by atoms with Crippen molar-refractivity contribution in [2.45, 2.75) is 37.1 Å². The smallest absolute Gasteiger partial charge is 0.435 e. The lowest BCUT2D eigenvalue weighted by Gasteiger charge is -2.43. The Morgan fingerprint density at radius 3 is 2.61 bits per heavy atom. The highest BCUT2D eigenvalue weighted by atomic mass is 31.2. The summed E-state index contributed by atoms with van der Waals surface area (Å²) >= 11 is 0. The SMILES string of the molecule is Cn1nc(C(F)(F)F)cc1-c1ccccc1CN1CCP(=O)(O)[C@](CCCCN)(C(=O)O)C1. The van der Waals surface area contributed by atoms with Crippen molar-refractivity contribution in [3.05, 3.63) is 41.6 Å². The van der Waals surface area contributed by atoms with E-state index in [0.717, 1.165) is 10.7 Å². The molecule has 1 fully saturated rings. The fourth-order valence-corrected chi connectivity index (χ4v) is 6.54. The minimum Gasteiger partial charge on any atom is -0.480 e. The van der Waals surface area contributed by atoms with Gasteiger partial charge in [0.05, 0.1) is 5.69 Å². The zero-order valence-corrected chi connectivity index (χ0v) is 19.1. The number of nitrogens with two attached hydrogens (primary N) is 1. The molecule has 0 bridgehead atoms. The van der Waals surface area contributed by atoms with Gasteiger partial charge in [-0.1, -0.05) is 30.7 Å². The number of carboxylic acid groups (broad SMARTS) is 1. The fraction of sp³-hybridized carbons (Fsp3) is 0.524. The molecule has 1 aliphatic rings. The second kappa shape index (κ2) is 9.58. The van der Waals surface area contributed by atoms with Crippen molar-refractivity contribution in [1.29, 1.82) is 0 Å². The standard InChI is InChI=1S/C21H28F3N4O4P/c1-27-17(12-18(26-27)21(22,23)24)16-7-3-2-6-15(16)13-28-10-11-33(31,32)20(14-28,19(29)30)8-4-5-9-25/h2-3,6-7,12H,4-5,8-11,13-14,25H2,1H3,(H,29,30)(H,31,32)/t20-/m0/s1. The average molecular weight is 488 g/mol. The third kappa shape index (κ3) is 5.16. The van der Waals surface area contributed by atoms with Crippen LogP contribution in [0.4, 0.5) is 13.2 Å². The highest BCUT2D eigenvalue weighted by molar-refractivity contribution is 7.61. The quantitative estimate of drug-likeness (QED) is 0.386. The van der Waals surface area contributed by atoms with E-state index in [4.69, 9.17) is 5.73 Å². The number of benzene rings is 1. The number of aromatic nitrogens is 2. The maximum absolute atomic E-state index is 13.1. The number of rotatable bonds is 8. The Morgan fingerprint density at radius 1 is 1.30 bits per heavy atom. The zero-order chi connectivity index (χ0) is 24.4. The zero-order valence-electron chi connectivity index (χ0n) is 18.3. The van der Waals surface area contributed by atoms with E-state index in [0.29, 0.717) is 30.5 Å². The molecule has 0 amide bonds. The maximum atomic E-state index is 13.1. The average Bonchev–Trinajstić information content (AvgIpc) is 3.12. The number of carbonyl (C=O) groups is 1. The Balaban J connectivity index is 1.91. The number of alkyl halides is 3. The molecule has 33 heavy (non-hydrogen) atoms. The number of hydrogen-bond donors (Lipinski definition) is 3. The van der Waals surface area contributed by atoms with E-state index in [2.05, 4.69) is 5.10 Å². The van der Waals surface area contributed by atoms with Gasteiger partial charge in [0.15, 0.2) is 10.9 Å². The van der Waals surface area contributed by atoms with Crippen LogP contribution in [0.5, 0.6) is 0 Å². The Morgan fingerprint density at radius 2 is 2.00 bits per heavy atom. The maximum Gasteiger partial charge on any atom is 0.435 e. The number of halogens is 3. The van der Waals surface area contributed by atoms with Crippen LogP contribution in [-0.4, -0.2) is 61.6 Å². The topological polar surface area (TPSA) is 122 Å². The van der Waals surface area contributed by atoms with Crippen LogP contribution in [0.15, 0.2) is 30.3 Å².